The Hall–Kier alpha value is -1.47. The molecule has 1 N–H and O–H groups in total. The van der Waals surface area contributed by atoms with Gasteiger partial charge in [0.15, 0.2) is 5.65 Å². The van der Waals surface area contributed by atoms with Gasteiger partial charge in [-0.1, -0.05) is 6.08 Å². The third-order valence-electron chi connectivity index (χ3n) is 1.82. The van der Waals surface area contributed by atoms with Crippen molar-refractivity contribution in [3.05, 3.63) is 24.1 Å². The molecule has 0 aliphatic carbocycles. The quantitative estimate of drug-likeness (QED) is 0.654. The first-order chi connectivity index (χ1) is 7.53. The molecule has 2 rings (SSSR count). The minimum atomic E-state index is -3.48. The average molecular weight is 259 g/mol. The lowest BCUT2D eigenvalue weighted by Gasteiger charge is -1.93. The fraction of sp³-hybridized carbons (Fsp3) is 0.125. The van der Waals surface area contributed by atoms with Crippen LogP contribution in [0.25, 0.3) is 11.2 Å². The minimum Gasteiger partial charge on any atom is -0.326 e. The maximum atomic E-state index is 11.6. The number of hydrogen-bond donors (Lipinski definition) is 1. The number of aromatic nitrogens is 4. The van der Waals surface area contributed by atoms with Crippen molar-refractivity contribution < 1.29 is 8.42 Å². The number of nitrogens with one attached hydrogen (secondary N) is 1. The van der Waals surface area contributed by atoms with E-state index in [4.69, 9.17) is 11.6 Å². The Labute approximate surface area is 96.3 Å². The minimum absolute atomic E-state index is 0.0201. The van der Waals surface area contributed by atoms with Gasteiger partial charge in [0, 0.05) is 0 Å². The number of sulfone groups is 1. The number of hydrogen-bond acceptors (Lipinski definition) is 5. The molecule has 0 aliphatic heterocycles. The van der Waals surface area contributed by atoms with Gasteiger partial charge in [-0.2, -0.15) is 9.97 Å². The molecule has 84 valence electrons. The van der Waals surface area contributed by atoms with Crippen molar-refractivity contribution in [1.82, 2.24) is 19.9 Å². The molecule has 0 unspecified atom stereocenters. The molecule has 2 aromatic heterocycles. The number of rotatable bonds is 3. The van der Waals surface area contributed by atoms with Gasteiger partial charge in [0.1, 0.15) is 5.52 Å². The van der Waals surface area contributed by atoms with Crippen molar-refractivity contribution in [2.45, 2.75) is 5.16 Å². The number of aromatic amines is 1. The van der Waals surface area contributed by atoms with Crippen LogP contribution in [0.4, 0.5) is 0 Å². The summed E-state index contributed by atoms with van der Waals surface area (Å²) in [5, 5.41) is -0.134. The Morgan fingerprint density at radius 1 is 1.50 bits per heavy atom. The summed E-state index contributed by atoms with van der Waals surface area (Å²) in [7, 11) is -3.48. The fourth-order valence-electron chi connectivity index (χ4n) is 1.15. The summed E-state index contributed by atoms with van der Waals surface area (Å²) < 4.78 is 23.3. The van der Waals surface area contributed by atoms with Crippen LogP contribution in [0, 0.1) is 0 Å². The van der Waals surface area contributed by atoms with E-state index in [2.05, 4.69) is 26.5 Å². The highest BCUT2D eigenvalue weighted by molar-refractivity contribution is 7.91. The van der Waals surface area contributed by atoms with Crippen molar-refractivity contribution in [3.63, 3.8) is 0 Å². The van der Waals surface area contributed by atoms with E-state index in [9.17, 15) is 8.42 Å². The molecule has 2 aromatic rings. The van der Waals surface area contributed by atoms with E-state index in [1.165, 1.54) is 12.3 Å². The molecule has 0 radical (unpaired) electrons. The molecule has 0 bridgehead atoms. The van der Waals surface area contributed by atoms with E-state index in [1.807, 2.05) is 0 Å². The first-order valence-electron chi connectivity index (χ1n) is 4.25. The molecule has 0 saturated heterocycles. The van der Waals surface area contributed by atoms with E-state index in [0.717, 1.165) is 0 Å². The summed E-state index contributed by atoms with van der Waals surface area (Å²) in [6.45, 7) is 3.37. The average Bonchev–Trinajstić information content (AvgIpc) is 2.61. The van der Waals surface area contributed by atoms with Gasteiger partial charge in [-0.25, -0.2) is 13.4 Å². The largest absolute Gasteiger partial charge is 0.326 e. The Morgan fingerprint density at radius 3 is 2.94 bits per heavy atom. The lowest BCUT2D eigenvalue weighted by molar-refractivity contribution is 0.592. The summed E-state index contributed by atoms with van der Waals surface area (Å²) in [4.78, 5) is 14.0. The van der Waals surface area contributed by atoms with Gasteiger partial charge < -0.3 is 4.98 Å². The standard InChI is InChI=1S/C8H7ClN4O2S/c1-2-3-16(14,15)8-11-5-4-10-7(9)12-6(5)13-8/h2,4H,1,3H2,(H,10,11,12,13). The van der Waals surface area contributed by atoms with E-state index in [-0.39, 0.29) is 21.8 Å². The summed E-state index contributed by atoms with van der Waals surface area (Å²) in [5.41, 5.74) is 0.648. The Bertz CT molecular complexity index is 649. The summed E-state index contributed by atoms with van der Waals surface area (Å²) in [6.07, 6.45) is 2.67. The molecule has 0 spiro atoms. The number of nitrogens with zero attached hydrogens (tertiary/aromatic N) is 3. The van der Waals surface area contributed by atoms with Crippen molar-refractivity contribution in [3.8, 4) is 0 Å². The zero-order valence-electron chi connectivity index (χ0n) is 8.01. The molecular formula is C8H7ClN4O2S. The Balaban J connectivity index is 2.59. The van der Waals surface area contributed by atoms with Crippen LogP contribution in [0.1, 0.15) is 0 Å². The number of H-pyrrole nitrogens is 1. The smallest absolute Gasteiger partial charge is 0.227 e. The molecule has 0 aromatic carbocycles. The van der Waals surface area contributed by atoms with Gasteiger partial charge in [-0.05, 0) is 11.6 Å². The molecule has 0 fully saturated rings. The fourth-order valence-corrected chi connectivity index (χ4v) is 2.23. The second-order valence-electron chi connectivity index (χ2n) is 2.99. The number of fused-ring (bicyclic) bond motifs is 1. The van der Waals surface area contributed by atoms with Crippen LogP contribution in [-0.2, 0) is 9.84 Å². The van der Waals surface area contributed by atoms with E-state index < -0.39 is 9.84 Å². The zero-order valence-corrected chi connectivity index (χ0v) is 9.59. The Morgan fingerprint density at radius 2 is 2.25 bits per heavy atom. The SMILES string of the molecule is C=CCS(=O)(=O)c1nc2nc(Cl)ncc2[nH]1. The molecule has 0 atom stereocenters. The van der Waals surface area contributed by atoms with Crippen LogP contribution in [0.3, 0.4) is 0 Å². The molecule has 6 nitrogen and oxygen atoms in total. The van der Waals surface area contributed by atoms with Gasteiger partial charge in [0.05, 0.1) is 11.9 Å². The van der Waals surface area contributed by atoms with Crippen LogP contribution in [0.2, 0.25) is 5.28 Å². The highest BCUT2D eigenvalue weighted by Gasteiger charge is 2.18. The molecule has 0 amide bonds. The first kappa shape index (κ1) is 11.0. The van der Waals surface area contributed by atoms with Crippen LogP contribution in [0.15, 0.2) is 24.0 Å². The predicted molar refractivity (Wildman–Crippen MR) is 58.9 cm³/mol. The van der Waals surface area contributed by atoms with E-state index >= 15 is 0 Å². The highest BCUT2D eigenvalue weighted by Crippen LogP contribution is 2.14. The maximum absolute atomic E-state index is 11.6. The van der Waals surface area contributed by atoms with E-state index in [0.29, 0.717) is 5.52 Å². The summed E-state index contributed by atoms with van der Waals surface area (Å²) in [5.74, 6) is -0.187. The number of halogens is 1. The van der Waals surface area contributed by atoms with Crippen molar-refractivity contribution in [1.29, 1.82) is 0 Å². The lowest BCUT2D eigenvalue weighted by Crippen LogP contribution is -2.06. The van der Waals surface area contributed by atoms with Gasteiger partial charge >= 0.3 is 0 Å². The molecular weight excluding hydrogens is 252 g/mol. The van der Waals surface area contributed by atoms with Crippen molar-refractivity contribution in [2.75, 3.05) is 5.75 Å². The lowest BCUT2D eigenvalue weighted by atomic mass is 10.6. The molecule has 0 saturated carbocycles. The van der Waals surface area contributed by atoms with Crippen molar-refractivity contribution in [2.24, 2.45) is 0 Å². The van der Waals surface area contributed by atoms with Crippen molar-refractivity contribution >= 4 is 32.6 Å². The molecule has 2 heterocycles. The molecule has 8 heteroatoms. The second-order valence-corrected chi connectivity index (χ2v) is 5.28. The topological polar surface area (TPSA) is 88.6 Å². The van der Waals surface area contributed by atoms with Crippen LogP contribution >= 0.6 is 11.6 Å². The van der Waals surface area contributed by atoms with Gasteiger partial charge in [0.25, 0.3) is 0 Å². The normalized spacial score (nSPS) is 11.8. The highest BCUT2D eigenvalue weighted by atomic mass is 35.5. The second kappa shape index (κ2) is 3.84. The summed E-state index contributed by atoms with van der Waals surface area (Å²) >= 11 is 5.56. The van der Waals surface area contributed by atoms with Gasteiger partial charge in [-0.3, -0.25) is 0 Å². The molecule has 0 aliphatic rings. The van der Waals surface area contributed by atoms with Gasteiger partial charge in [0.2, 0.25) is 20.3 Å². The van der Waals surface area contributed by atoms with E-state index in [1.54, 1.807) is 0 Å². The third kappa shape index (κ3) is 1.91. The summed E-state index contributed by atoms with van der Waals surface area (Å²) in [6, 6.07) is 0. The monoisotopic (exact) mass is 258 g/mol. The third-order valence-corrected chi connectivity index (χ3v) is 3.46. The van der Waals surface area contributed by atoms with Crippen LogP contribution in [0.5, 0.6) is 0 Å². The maximum Gasteiger partial charge on any atom is 0.227 e. The van der Waals surface area contributed by atoms with Crippen LogP contribution in [-0.4, -0.2) is 34.1 Å². The first-order valence-corrected chi connectivity index (χ1v) is 6.28. The van der Waals surface area contributed by atoms with Crippen LogP contribution < -0.4 is 0 Å². The Kier molecular flexibility index (Phi) is 2.64. The number of imidazole rings is 1. The molecule has 16 heavy (non-hydrogen) atoms. The zero-order chi connectivity index (χ0) is 11.8. The predicted octanol–water partition coefficient (Wildman–Crippen LogP) is 0.966. The van der Waals surface area contributed by atoms with Gasteiger partial charge in [-0.15, -0.1) is 6.58 Å².